The molecule has 6 nitrogen and oxygen atoms in total. The summed E-state index contributed by atoms with van der Waals surface area (Å²) in [6, 6.07) is 12.4. The van der Waals surface area contributed by atoms with Gasteiger partial charge < -0.3 is 15.1 Å². The highest BCUT2D eigenvalue weighted by Gasteiger charge is 2.24. The van der Waals surface area contributed by atoms with Crippen molar-refractivity contribution in [2.75, 3.05) is 37.4 Å². The SMILES string of the molecule is CN(C)C1CCN(c2ccc(NC(=O)c3csc(-c4cccnc4)n3)cc2)C1. The Kier molecular flexibility index (Phi) is 5.36. The zero-order valence-electron chi connectivity index (χ0n) is 16.0. The van der Waals surface area contributed by atoms with E-state index in [1.807, 2.05) is 24.3 Å². The topological polar surface area (TPSA) is 61.4 Å². The summed E-state index contributed by atoms with van der Waals surface area (Å²) < 4.78 is 0. The number of pyridine rings is 1. The van der Waals surface area contributed by atoms with Gasteiger partial charge in [-0.25, -0.2) is 4.98 Å². The summed E-state index contributed by atoms with van der Waals surface area (Å²) in [6.07, 6.45) is 4.64. The number of likely N-dealkylation sites (N-methyl/N-ethyl adjacent to an activating group) is 1. The quantitative estimate of drug-likeness (QED) is 0.718. The number of hydrogen-bond donors (Lipinski definition) is 1. The lowest BCUT2D eigenvalue weighted by Gasteiger charge is -2.22. The Morgan fingerprint density at radius 3 is 2.75 bits per heavy atom. The Morgan fingerprint density at radius 2 is 2.07 bits per heavy atom. The van der Waals surface area contributed by atoms with Gasteiger partial charge in [0.1, 0.15) is 10.7 Å². The average molecular weight is 394 g/mol. The van der Waals surface area contributed by atoms with Gasteiger partial charge in [-0.1, -0.05) is 0 Å². The molecule has 0 bridgehead atoms. The zero-order valence-corrected chi connectivity index (χ0v) is 16.8. The van der Waals surface area contributed by atoms with E-state index in [4.69, 9.17) is 0 Å². The van der Waals surface area contributed by atoms with Gasteiger partial charge in [0.25, 0.3) is 5.91 Å². The second-order valence-electron chi connectivity index (χ2n) is 7.13. The van der Waals surface area contributed by atoms with Crippen molar-refractivity contribution in [3.63, 3.8) is 0 Å². The van der Waals surface area contributed by atoms with Crippen LogP contribution >= 0.6 is 11.3 Å². The third-order valence-electron chi connectivity index (χ3n) is 5.03. The molecule has 0 radical (unpaired) electrons. The first-order valence-corrected chi connectivity index (χ1v) is 10.2. The third-order valence-corrected chi connectivity index (χ3v) is 5.92. The molecule has 0 aliphatic carbocycles. The van der Waals surface area contributed by atoms with E-state index in [1.54, 1.807) is 17.8 Å². The van der Waals surface area contributed by atoms with Crippen molar-refractivity contribution >= 4 is 28.6 Å². The number of hydrogen-bond acceptors (Lipinski definition) is 6. The first kappa shape index (κ1) is 18.6. The fourth-order valence-electron chi connectivity index (χ4n) is 3.35. The first-order valence-electron chi connectivity index (χ1n) is 9.29. The number of anilines is 2. The van der Waals surface area contributed by atoms with Gasteiger partial charge in [-0.05, 0) is 56.9 Å². The highest BCUT2D eigenvalue weighted by atomic mass is 32.1. The summed E-state index contributed by atoms with van der Waals surface area (Å²) in [5.41, 5.74) is 3.29. The normalized spacial score (nSPS) is 16.5. The number of benzene rings is 1. The molecule has 3 heterocycles. The number of rotatable bonds is 5. The van der Waals surface area contributed by atoms with Crippen LogP contribution in [-0.4, -0.2) is 54.0 Å². The second-order valence-corrected chi connectivity index (χ2v) is 7.99. The predicted octanol–water partition coefficient (Wildman–Crippen LogP) is 3.60. The van der Waals surface area contributed by atoms with Gasteiger partial charge in [-0.15, -0.1) is 11.3 Å². The van der Waals surface area contributed by atoms with E-state index in [1.165, 1.54) is 23.4 Å². The molecule has 1 N–H and O–H groups in total. The molecule has 0 spiro atoms. The Bertz CT molecular complexity index is 939. The van der Waals surface area contributed by atoms with Gasteiger partial charge >= 0.3 is 0 Å². The summed E-state index contributed by atoms with van der Waals surface area (Å²) >= 11 is 1.44. The molecule has 144 valence electrons. The molecule has 4 rings (SSSR count). The number of thiazole rings is 1. The average Bonchev–Trinajstić information content (AvgIpc) is 3.39. The van der Waals surface area contributed by atoms with E-state index >= 15 is 0 Å². The molecule has 1 unspecified atom stereocenters. The molecule has 1 aliphatic heterocycles. The summed E-state index contributed by atoms with van der Waals surface area (Å²) in [5.74, 6) is -0.201. The van der Waals surface area contributed by atoms with Crippen LogP contribution in [0.3, 0.4) is 0 Å². The molecule has 2 aromatic heterocycles. The Labute approximate surface area is 168 Å². The number of nitrogens with one attached hydrogen (secondary N) is 1. The molecule has 1 fully saturated rings. The molecule has 1 aromatic carbocycles. The van der Waals surface area contributed by atoms with Crippen molar-refractivity contribution in [2.45, 2.75) is 12.5 Å². The largest absolute Gasteiger partial charge is 0.370 e. The van der Waals surface area contributed by atoms with E-state index in [2.05, 4.69) is 51.3 Å². The fraction of sp³-hybridized carbons (Fsp3) is 0.286. The molecule has 1 amide bonds. The van der Waals surface area contributed by atoms with E-state index < -0.39 is 0 Å². The van der Waals surface area contributed by atoms with Crippen molar-refractivity contribution < 1.29 is 4.79 Å². The third kappa shape index (κ3) is 4.05. The molecular weight excluding hydrogens is 370 g/mol. The van der Waals surface area contributed by atoms with Crippen molar-refractivity contribution in [1.29, 1.82) is 0 Å². The van der Waals surface area contributed by atoms with Crippen LogP contribution in [0.15, 0.2) is 54.2 Å². The highest BCUT2D eigenvalue weighted by Crippen LogP contribution is 2.25. The van der Waals surface area contributed by atoms with Gasteiger partial charge in [0, 0.05) is 53.8 Å². The van der Waals surface area contributed by atoms with E-state index in [-0.39, 0.29) is 5.91 Å². The maximum Gasteiger partial charge on any atom is 0.275 e. The molecular formula is C21H23N5OS. The van der Waals surface area contributed by atoms with Crippen LogP contribution in [0.4, 0.5) is 11.4 Å². The van der Waals surface area contributed by atoms with Crippen molar-refractivity contribution in [3.8, 4) is 10.6 Å². The lowest BCUT2D eigenvalue weighted by atomic mass is 10.2. The molecule has 7 heteroatoms. The van der Waals surface area contributed by atoms with Crippen molar-refractivity contribution in [3.05, 3.63) is 59.9 Å². The molecule has 1 saturated heterocycles. The number of amides is 1. The lowest BCUT2D eigenvalue weighted by Crippen LogP contribution is -2.31. The van der Waals surface area contributed by atoms with Crippen LogP contribution < -0.4 is 10.2 Å². The van der Waals surface area contributed by atoms with Gasteiger partial charge in [-0.2, -0.15) is 0 Å². The molecule has 0 saturated carbocycles. The summed E-state index contributed by atoms with van der Waals surface area (Å²) in [6.45, 7) is 2.10. The van der Waals surface area contributed by atoms with Gasteiger partial charge in [-0.3, -0.25) is 9.78 Å². The number of aromatic nitrogens is 2. The Morgan fingerprint density at radius 1 is 1.25 bits per heavy atom. The summed E-state index contributed by atoms with van der Waals surface area (Å²) in [5, 5.41) is 5.50. The molecule has 28 heavy (non-hydrogen) atoms. The maximum atomic E-state index is 12.5. The number of carbonyl (C=O) groups excluding carboxylic acids is 1. The fourth-order valence-corrected chi connectivity index (χ4v) is 4.14. The van der Waals surface area contributed by atoms with Crippen LogP contribution in [0, 0.1) is 0 Å². The first-order chi connectivity index (χ1) is 13.6. The zero-order chi connectivity index (χ0) is 19.5. The minimum atomic E-state index is -0.201. The summed E-state index contributed by atoms with van der Waals surface area (Å²) in [7, 11) is 4.26. The van der Waals surface area contributed by atoms with Crippen LogP contribution in [0.5, 0.6) is 0 Å². The second kappa shape index (κ2) is 8.08. The van der Waals surface area contributed by atoms with E-state index in [0.717, 1.165) is 29.3 Å². The molecule has 1 atom stereocenters. The Balaban J connectivity index is 1.39. The number of carbonyl (C=O) groups is 1. The minimum Gasteiger partial charge on any atom is -0.370 e. The highest BCUT2D eigenvalue weighted by molar-refractivity contribution is 7.13. The van der Waals surface area contributed by atoms with Gasteiger partial charge in [0.15, 0.2) is 0 Å². The smallest absolute Gasteiger partial charge is 0.275 e. The maximum absolute atomic E-state index is 12.5. The van der Waals surface area contributed by atoms with Gasteiger partial charge in [0.05, 0.1) is 0 Å². The number of nitrogens with zero attached hydrogens (tertiary/aromatic N) is 4. The van der Waals surface area contributed by atoms with Crippen molar-refractivity contribution in [2.24, 2.45) is 0 Å². The lowest BCUT2D eigenvalue weighted by molar-refractivity contribution is 0.102. The Hall–Kier alpha value is -2.77. The van der Waals surface area contributed by atoms with E-state index in [0.29, 0.717) is 11.7 Å². The standard InChI is InChI=1S/C21H23N5OS/c1-25(2)18-9-11-26(13-18)17-7-5-16(6-8-17)23-20(27)19-14-28-21(24-19)15-4-3-10-22-12-15/h3-8,10,12,14,18H,9,11,13H2,1-2H3,(H,23,27). The van der Waals surface area contributed by atoms with E-state index in [9.17, 15) is 4.79 Å². The molecule has 1 aliphatic rings. The molecule has 3 aromatic rings. The van der Waals surface area contributed by atoms with Crippen LogP contribution in [-0.2, 0) is 0 Å². The summed E-state index contributed by atoms with van der Waals surface area (Å²) in [4.78, 5) is 25.7. The van der Waals surface area contributed by atoms with Crippen LogP contribution in [0.2, 0.25) is 0 Å². The van der Waals surface area contributed by atoms with Crippen molar-refractivity contribution in [1.82, 2.24) is 14.9 Å². The minimum absolute atomic E-state index is 0.201. The monoisotopic (exact) mass is 393 g/mol. The van der Waals surface area contributed by atoms with Gasteiger partial charge in [0.2, 0.25) is 0 Å². The predicted molar refractivity (Wildman–Crippen MR) is 114 cm³/mol. The van der Waals surface area contributed by atoms with Crippen LogP contribution in [0.25, 0.3) is 10.6 Å². The van der Waals surface area contributed by atoms with Crippen LogP contribution in [0.1, 0.15) is 16.9 Å².